The molecule has 0 spiro atoms. The Morgan fingerprint density at radius 2 is 1.79 bits per heavy atom. The van der Waals surface area contributed by atoms with Crippen LogP contribution in [0.15, 0.2) is 18.2 Å². The molecule has 2 aliphatic heterocycles. The van der Waals surface area contributed by atoms with E-state index in [4.69, 9.17) is 0 Å². The van der Waals surface area contributed by atoms with Crippen LogP contribution in [-0.2, 0) is 6.42 Å². The Morgan fingerprint density at radius 1 is 1.04 bits per heavy atom. The minimum Gasteiger partial charge on any atom is -0.385 e. The highest BCUT2D eigenvalue weighted by Gasteiger charge is 2.30. The number of nitrogens with one attached hydrogen (secondary N) is 1. The molecule has 2 fully saturated rings. The summed E-state index contributed by atoms with van der Waals surface area (Å²) in [5.41, 5.74) is 3.30. The SMILES string of the molecule is Cl.Cl.O=C(c1cccc2c1CCCN2)N1CCN(C2CCC2)CC1. The van der Waals surface area contributed by atoms with E-state index in [2.05, 4.69) is 21.2 Å². The molecule has 1 N–H and O–H groups in total. The van der Waals surface area contributed by atoms with E-state index in [1.54, 1.807) is 0 Å². The molecule has 6 heteroatoms. The minimum absolute atomic E-state index is 0. The van der Waals surface area contributed by atoms with Crippen molar-refractivity contribution in [3.8, 4) is 0 Å². The van der Waals surface area contributed by atoms with Gasteiger partial charge in [-0.1, -0.05) is 12.5 Å². The van der Waals surface area contributed by atoms with Crippen LogP contribution in [0.5, 0.6) is 0 Å². The topological polar surface area (TPSA) is 35.6 Å². The zero-order valence-electron chi connectivity index (χ0n) is 14.0. The molecule has 1 amide bonds. The largest absolute Gasteiger partial charge is 0.385 e. The third-order valence-corrected chi connectivity index (χ3v) is 5.52. The van der Waals surface area contributed by atoms with Crippen molar-refractivity contribution in [2.45, 2.75) is 38.1 Å². The number of anilines is 1. The van der Waals surface area contributed by atoms with Gasteiger partial charge in [-0.2, -0.15) is 0 Å². The molecule has 1 aliphatic carbocycles. The summed E-state index contributed by atoms with van der Waals surface area (Å²) in [6, 6.07) is 6.91. The van der Waals surface area contributed by atoms with Crippen molar-refractivity contribution in [3.05, 3.63) is 29.3 Å². The number of hydrogen-bond acceptors (Lipinski definition) is 3. The summed E-state index contributed by atoms with van der Waals surface area (Å²) in [4.78, 5) is 17.5. The normalized spacial score (nSPS) is 20.8. The molecular formula is C18H27Cl2N3O. The average Bonchev–Trinajstić information content (AvgIpc) is 2.53. The first-order chi connectivity index (χ1) is 10.8. The number of hydrogen-bond donors (Lipinski definition) is 1. The van der Waals surface area contributed by atoms with Gasteiger partial charge in [-0.3, -0.25) is 9.69 Å². The molecule has 0 bridgehead atoms. The maximum Gasteiger partial charge on any atom is 0.254 e. The number of benzene rings is 1. The van der Waals surface area contributed by atoms with Crippen molar-refractivity contribution in [3.63, 3.8) is 0 Å². The number of carbonyl (C=O) groups is 1. The summed E-state index contributed by atoms with van der Waals surface area (Å²) in [6.45, 7) is 4.87. The number of halogens is 2. The Morgan fingerprint density at radius 3 is 2.46 bits per heavy atom. The molecule has 3 aliphatic rings. The Bertz CT molecular complexity index is 569. The van der Waals surface area contributed by atoms with Crippen molar-refractivity contribution in [2.24, 2.45) is 0 Å². The zero-order valence-corrected chi connectivity index (χ0v) is 15.6. The predicted octanol–water partition coefficient (Wildman–Crippen LogP) is 3.20. The second-order valence-electron chi connectivity index (χ2n) is 6.77. The molecule has 2 heterocycles. The number of fused-ring (bicyclic) bond motifs is 1. The first kappa shape index (κ1) is 19.4. The lowest BCUT2D eigenvalue weighted by atomic mass is 9.91. The molecule has 1 aromatic rings. The average molecular weight is 372 g/mol. The van der Waals surface area contributed by atoms with Gasteiger partial charge in [0.15, 0.2) is 0 Å². The maximum absolute atomic E-state index is 12.9. The van der Waals surface area contributed by atoms with Crippen LogP contribution in [0.4, 0.5) is 5.69 Å². The first-order valence-electron chi connectivity index (χ1n) is 8.72. The van der Waals surface area contributed by atoms with Crippen LogP contribution in [0.1, 0.15) is 41.6 Å². The van der Waals surface area contributed by atoms with Crippen molar-refractivity contribution >= 4 is 36.4 Å². The van der Waals surface area contributed by atoms with Gasteiger partial charge < -0.3 is 10.2 Å². The lowest BCUT2D eigenvalue weighted by molar-refractivity contribution is 0.0454. The van der Waals surface area contributed by atoms with E-state index >= 15 is 0 Å². The van der Waals surface area contributed by atoms with Gasteiger partial charge in [0.1, 0.15) is 0 Å². The van der Waals surface area contributed by atoms with Crippen LogP contribution in [0.3, 0.4) is 0 Å². The van der Waals surface area contributed by atoms with E-state index in [-0.39, 0.29) is 30.7 Å². The Hall–Kier alpha value is -0.970. The lowest BCUT2D eigenvalue weighted by Gasteiger charge is -2.43. The van der Waals surface area contributed by atoms with Crippen LogP contribution in [0.2, 0.25) is 0 Å². The van der Waals surface area contributed by atoms with Crippen molar-refractivity contribution in [1.82, 2.24) is 9.80 Å². The molecule has 0 atom stereocenters. The summed E-state index contributed by atoms with van der Waals surface area (Å²) < 4.78 is 0. The van der Waals surface area contributed by atoms with Gasteiger partial charge in [-0.05, 0) is 43.4 Å². The molecule has 134 valence electrons. The van der Waals surface area contributed by atoms with Crippen LogP contribution >= 0.6 is 24.8 Å². The van der Waals surface area contributed by atoms with Gasteiger partial charge >= 0.3 is 0 Å². The molecule has 1 saturated heterocycles. The number of rotatable bonds is 2. The fourth-order valence-electron chi connectivity index (χ4n) is 3.92. The third kappa shape index (κ3) is 3.66. The standard InChI is InChI=1S/C18H25N3O.2ClH/c22-18(16-6-2-8-17-15(16)7-3-9-19-17)21-12-10-20(11-13-21)14-4-1-5-14;;/h2,6,8,14,19H,1,3-5,7,9-13H2;2*1H. The highest BCUT2D eigenvalue weighted by molar-refractivity contribution is 5.97. The lowest BCUT2D eigenvalue weighted by Crippen LogP contribution is -2.53. The monoisotopic (exact) mass is 371 g/mol. The van der Waals surface area contributed by atoms with E-state index in [0.29, 0.717) is 0 Å². The molecule has 4 nitrogen and oxygen atoms in total. The van der Waals surface area contributed by atoms with Gasteiger partial charge in [0.25, 0.3) is 5.91 Å². The smallest absolute Gasteiger partial charge is 0.254 e. The summed E-state index contributed by atoms with van der Waals surface area (Å²) in [7, 11) is 0. The molecule has 1 aromatic carbocycles. The van der Waals surface area contributed by atoms with Gasteiger partial charge in [0.2, 0.25) is 0 Å². The van der Waals surface area contributed by atoms with Gasteiger partial charge in [-0.25, -0.2) is 0 Å². The van der Waals surface area contributed by atoms with Crippen LogP contribution in [0.25, 0.3) is 0 Å². The fraction of sp³-hybridized carbons (Fsp3) is 0.611. The molecule has 0 radical (unpaired) electrons. The van der Waals surface area contributed by atoms with E-state index in [1.807, 2.05) is 12.1 Å². The summed E-state index contributed by atoms with van der Waals surface area (Å²) in [5.74, 6) is 0.230. The second-order valence-corrected chi connectivity index (χ2v) is 6.77. The van der Waals surface area contributed by atoms with Gasteiger partial charge in [0.05, 0.1) is 0 Å². The van der Waals surface area contributed by atoms with E-state index < -0.39 is 0 Å². The third-order valence-electron chi connectivity index (χ3n) is 5.52. The van der Waals surface area contributed by atoms with Gasteiger partial charge in [-0.15, -0.1) is 24.8 Å². The number of amides is 1. The maximum atomic E-state index is 12.9. The predicted molar refractivity (Wildman–Crippen MR) is 103 cm³/mol. The summed E-state index contributed by atoms with van der Waals surface area (Å²) in [5, 5.41) is 3.42. The second kappa shape index (κ2) is 8.41. The quantitative estimate of drug-likeness (QED) is 0.866. The number of carbonyl (C=O) groups excluding carboxylic acids is 1. The van der Waals surface area contributed by atoms with Crippen molar-refractivity contribution in [2.75, 3.05) is 38.0 Å². The molecule has 0 unspecified atom stereocenters. The van der Waals surface area contributed by atoms with Crippen molar-refractivity contribution in [1.29, 1.82) is 0 Å². The minimum atomic E-state index is 0. The van der Waals surface area contributed by atoms with Crippen LogP contribution in [0, 0.1) is 0 Å². The molecule has 4 rings (SSSR count). The first-order valence-corrected chi connectivity index (χ1v) is 8.72. The Labute approximate surface area is 156 Å². The highest BCUT2D eigenvalue weighted by Crippen LogP contribution is 2.28. The summed E-state index contributed by atoms with van der Waals surface area (Å²) >= 11 is 0. The molecule has 24 heavy (non-hydrogen) atoms. The summed E-state index contributed by atoms with van der Waals surface area (Å²) in [6.07, 6.45) is 6.23. The van der Waals surface area contributed by atoms with E-state index in [0.717, 1.165) is 62.9 Å². The van der Waals surface area contributed by atoms with Crippen LogP contribution in [-0.4, -0.2) is 54.5 Å². The number of nitrogens with zero attached hydrogens (tertiary/aromatic N) is 2. The molecular weight excluding hydrogens is 345 g/mol. The Balaban J connectivity index is 0.00000104. The molecule has 1 saturated carbocycles. The highest BCUT2D eigenvalue weighted by atomic mass is 35.5. The van der Waals surface area contributed by atoms with Gasteiger partial charge in [0, 0.05) is 50.0 Å². The van der Waals surface area contributed by atoms with E-state index in [1.165, 1.54) is 24.8 Å². The fourth-order valence-corrected chi connectivity index (χ4v) is 3.92. The zero-order chi connectivity index (χ0) is 14.9. The van der Waals surface area contributed by atoms with Crippen LogP contribution < -0.4 is 5.32 Å². The van der Waals surface area contributed by atoms with E-state index in [9.17, 15) is 4.79 Å². The Kier molecular flexibility index (Phi) is 6.79. The molecule has 0 aromatic heterocycles. The number of piperazine rings is 1. The van der Waals surface area contributed by atoms with Crippen molar-refractivity contribution < 1.29 is 4.79 Å².